The third kappa shape index (κ3) is 4.05. The van der Waals surface area contributed by atoms with Gasteiger partial charge in [-0.25, -0.2) is 0 Å². The standard InChI is InChI=1S/C12H17NO4/c1-8(14)6-13(2)7-12(17)9-3-4-10(15)11(16)5-9/h3-5,8,14-16H,6-7H2,1-2H3. The van der Waals surface area contributed by atoms with Crippen LogP contribution in [0.15, 0.2) is 18.2 Å². The lowest BCUT2D eigenvalue weighted by Gasteiger charge is -2.17. The molecule has 0 fully saturated rings. The highest BCUT2D eigenvalue weighted by molar-refractivity contribution is 5.98. The van der Waals surface area contributed by atoms with Crippen LogP contribution in [-0.4, -0.2) is 52.2 Å². The first-order valence-corrected chi connectivity index (χ1v) is 5.32. The van der Waals surface area contributed by atoms with Crippen molar-refractivity contribution in [2.75, 3.05) is 20.1 Å². The number of phenols is 2. The predicted molar refractivity (Wildman–Crippen MR) is 63.3 cm³/mol. The molecule has 1 atom stereocenters. The van der Waals surface area contributed by atoms with Crippen molar-refractivity contribution in [1.82, 2.24) is 4.90 Å². The number of hydrogen-bond acceptors (Lipinski definition) is 5. The van der Waals surface area contributed by atoms with Crippen LogP contribution in [0, 0.1) is 0 Å². The van der Waals surface area contributed by atoms with Gasteiger partial charge in [0.2, 0.25) is 0 Å². The summed E-state index contributed by atoms with van der Waals surface area (Å²) < 4.78 is 0. The second kappa shape index (κ2) is 5.65. The van der Waals surface area contributed by atoms with E-state index in [0.29, 0.717) is 12.1 Å². The molecule has 0 radical (unpaired) electrons. The van der Waals surface area contributed by atoms with Gasteiger partial charge in [0.1, 0.15) is 0 Å². The first-order valence-electron chi connectivity index (χ1n) is 5.32. The Bertz CT molecular complexity index is 403. The average Bonchev–Trinajstić information content (AvgIpc) is 2.20. The monoisotopic (exact) mass is 239 g/mol. The van der Waals surface area contributed by atoms with Gasteiger partial charge in [-0.3, -0.25) is 9.69 Å². The maximum Gasteiger partial charge on any atom is 0.176 e. The Morgan fingerprint density at radius 1 is 1.35 bits per heavy atom. The molecule has 0 saturated carbocycles. The van der Waals surface area contributed by atoms with E-state index in [-0.39, 0.29) is 23.8 Å². The summed E-state index contributed by atoms with van der Waals surface area (Å²) in [6.45, 7) is 2.19. The first-order chi connectivity index (χ1) is 7.90. The normalized spacial score (nSPS) is 12.7. The number of aliphatic hydroxyl groups is 1. The first kappa shape index (κ1) is 13.5. The van der Waals surface area contributed by atoms with Gasteiger partial charge in [-0.05, 0) is 32.2 Å². The maximum absolute atomic E-state index is 11.8. The molecule has 0 amide bonds. The van der Waals surface area contributed by atoms with Gasteiger partial charge < -0.3 is 15.3 Å². The van der Waals surface area contributed by atoms with Crippen LogP contribution in [0.5, 0.6) is 11.5 Å². The molecule has 0 aliphatic carbocycles. The Labute approximate surface area is 99.9 Å². The smallest absolute Gasteiger partial charge is 0.176 e. The summed E-state index contributed by atoms with van der Waals surface area (Å²) >= 11 is 0. The number of aliphatic hydroxyl groups excluding tert-OH is 1. The second-order valence-corrected chi connectivity index (χ2v) is 4.17. The van der Waals surface area contributed by atoms with Crippen LogP contribution in [0.3, 0.4) is 0 Å². The number of aromatic hydroxyl groups is 2. The molecule has 0 bridgehead atoms. The molecule has 0 heterocycles. The Hall–Kier alpha value is -1.59. The Balaban J connectivity index is 2.66. The number of phenolic OH excluding ortho intramolecular Hbond substituents is 2. The molecule has 0 saturated heterocycles. The average molecular weight is 239 g/mol. The van der Waals surface area contributed by atoms with Crippen LogP contribution in [-0.2, 0) is 0 Å². The fourth-order valence-corrected chi connectivity index (χ4v) is 1.55. The summed E-state index contributed by atoms with van der Waals surface area (Å²) in [4.78, 5) is 13.5. The Morgan fingerprint density at radius 3 is 2.53 bits per heavy atom. The van der Waals surface area contributed by atoms with Crippen LogP contribution < -0.4 is 0 Å². The Kier molecular flexibility index (Phi) is 4.48. The Morgan fingerprint density at radius 2 is 2.00 bits per heavy atom. The van der Waals surface area contributed by atoms with Crippen molar-refractivity contribution in [3.63, 3.8) is 0 Å². The number of ketones is 1. The molecule has 1 unspecified atom stereocenters. The number of likely N-dealkylation sites (N-methyl/N-ethyl adjacent to an activating group) is 1. The zero-order chi connectivity index (χ0) is 13.0. The maximum atomic E-state index is 11.8. The summed E-state index contributed by atoms with van der Waals surface area (Å²) in [5.41, 5.74) is 0.331. The van der Waals surface area contributed by atoms with Crippen LogP contribution in [0.4, 0.5) is 0 Å². The van der Waals surface area contributed by atoms with E-state index < -0.39 is 6.10 Å². The second-order valence-electron chi connectivity index (χ2n) is 4.17. The third-order valence-corrected chi connectivity index (χ3v) is 2.29. The fourth-order valence-electron chi connectivity index (χ4n) is 1.55. The number of benzene rings is 1. The summed E-state index contributed by atoms with van der Waals surface area (Å²) in [7, 11) is 1.73. The van der Waals surface area contributed by atoms with E-state index in [1.165, 1.54) is 18.2 Å². The van der Waals surface area contributed by atoms with E-state index in [0.717, 1.165) is 0 Å². The molecule has 3 N–H and O–H groups in total. The van der Waals surface area contributed by atoms with E-state index in [1.807, 2.05) is 0 Å². The molecule has 0 aliphatic heterocycles. The minimum absolute atomic E-state index is 0.148. The van der Waals surface area contributed by atoms with Gasteiger partial charge in [0, 0.05) is 12.1 Å². The highest BCUT2D eigenvalue weighted by atomic mass is 16.3. The molecular formula is C12H17NO4. The molecule has 0 aliphatic rings. The van der Waals surface area contributed by atoms with Gasteiger partial charge in [0.25, 0.3) is 0 Å². The minimum atomic E-state index is -0.499. The fraction of sp³-hybridized carbons (Fsp3) is 0.417. The third-order valence-electron chi connectivity index (χ3n) is 2.29. The van der Waals surface area contributed by atoms with E-state index in [9.17, 15) is 9.90 Å². The lowest BCUT2D eigenvalue weighted by Crippen LogP contribution is -2.32. The van der Waals surface area contributed by atoms with Crippen molar-refractivity contribution in [1.29, 1.82) is 0 Å². The molecular weight excluding hydrogens is 222 g/mol. The van der Waals surface area contributed by atoms with Crippen LogP contribution in [0.25, 0.3) is 0 Å². The van der Waals surface area contributed by atoms with Crippen molar-refractivity contribution in [3.05, 3.63) is 23.8 Å². The molecule has 1 aromatic rings. The molecule has 1 aromatic carbocycles. The summed E-state index contributed by atoms with van der Waals surface area (Å²) in [6, 6.07) is 3.96. The summed E-state index contributed by atoms with van der Waals surface area (Å²) in [6.07, 6.45) is -0.499. The summed E-state index contributed by atoms with van der Waals surface area (Å²) in [5, 5.41) is 27.6. The van der Waals surface area contributed by atoms with Gasteiger partial charge >= 0.3 is 0 Å². The number of rotatable bonds is 5. The topological polar surface area (TPSA) is 81.0 Å². The molecule has 5 nitrogen and oxygen atoms in total. The van der Waals surface area contributed by atoms with Crippen molar-refractivity contribution in [2.45, 2.75) is 13.0 Å². The minimum Gasteiger partial charge on any atom is -0.504 e. The van der Waals surface area contributed by atoms with Crippen molar-refractivity contribution < 1.29 is 20.1 Å². The van der Waals surface area contributed by atoms with Crippen molar-refractivity contribution >= 4 is 5.78 Å². The lowest BCUT2D eigenvalue weighted by molar-refractivity contribution is 0.0901. The molecule has 0 aromatic heterocycles. The van der Waals surface area contributed by atoms with E-state index in [4.69, 9.17) is 10.2 Å². The molecule has 5 heteroatoms. The van der Waals surface area contributed by atoms with Crippen LogP contribution in [0.1, 0.15) is 17.3 Å². The lowest BCUT2D eigenvalue weighted by atomic mass is 10.1. The number of Topliss-reactive ketones (excluding diaryl/α,β-unsaturated/α-hetero) is 1. The van der Waals surface area contributed by atoms with Gasteiger partial charge in [-0.2, -0.15) is 0 Å². The van der Waals surface area contributed by atoms with E-state index >= 15 is 0 Å². The highest BCUT2D eigenvalue weighted by Gasteiger charge is 2.12. The molecule has 17 heavy (non-hydrogen) atoms. The number of hydrogen-bond donors (Lipinski definition) is 3. The van der Waals surface area contributed by atoms with Crippen molar-refractivity contribution in [2.24, 2.45) is 0 Å². The van der Waals surface area contributed by atoms with Crippen molar-refractivity contribution in [3.8, 4) is 11.5 Å². The van der Waals surface area contributed by atoms with Gasteiger partial charge in [-0.1, -0.05) is 0 Å². The number of carbonyl (C=O) groups excluding carboxylic acids is 1. The van der Waals surface area contributed by atoms with E-state index in [1.54, 1.807) is 18.9 Å². The predicted octanol–water partition coefficient (Wildman–Crippen LogP) is 0.593. The molecule has 1 rings (SSSR count). The van der Waals surface area contributed by atoms with Gasteiger partial charge in [0.15, 0.2) is 17.3 Å². The van der Waals surface area contributed by atoms with Gasteiger partial charge in [0.05, 0.1) is 12.6 Å². The largest absolute Gasteiger partial charge is 0.504 e. The zero-order valence-corrected chi connectivity index (χ0v) is 9.92. The summed E-state index contributed by atoms with van der Waals surface area (Å²) in [5.74, 6) is -0.739. The van der Waals surface area contributed by atoms with Crippen LogP contribution in [0.2, 0.25) is 0 Å². The van der Waals surface area contributed by atoms with E-state index in [2.05, 4.69) is 0 Å². The quantitative estimate of drug-likeness (QED) is 0.517. The zero-order valence-electron chi connectivity index (χ0n) is 9.92. The van der Waals surface area contributed by atoms with Crippen LogP contribution >= 0.6 is 0 Å². The SMILES string of the molecule is CC(O)CN(C)CC(=O)c1ccc(O)c(O)c1. The highest BCUT2D eigenvalue weighted by Crippen LogP contribution is 2.25. The van der Waals surface area contributed by atoms with Gasteiger partial charge in [-0.15, -0.1) is 0 Å². The number of carbonyl (C=O) groups is 1. The molecule has 0 spiro atoms. The molecule has 94 valence electrons. The number of nitrogens with zero attached hydrogens (tertiary/aromatic N) is 1.